The fourth-order valence-corrected chi connectivity index (χ4v) is 32.5. The lowest BCUT2D eigenvalue weighted by Gasteiger charge is -2.70. The Morgan fingerprint density at radius 3 is 1.02 bits per heavy atom. The summed E-state index contributed by atoms with van der Waals surface area (Å²) in [6.45, 7) is 10.1. The first-order chi connectivity index (χ1) is 45.4. The van der Waals surface area contributed by atoms with E-state index in [2.05, 4.69) is 37.5 Å². The molecule has 24 unspecified atom stereocenters. The van der Waals surface area contributed by atoms with Crippen molar-refractivity contribution in [2.45, 2.75) is 411 Å². The summed E-state index contributed by atoms with van der Waals surface area (Å²) in [5.74, 6) is 27.7. The van der Waals surface area contributed by atoms with Crippen LogP contribution in [0, 0.1) is 154 Å². The van der Waals surface area contributed by atoms with E-state index in [1.54, 1.807) is 244 Å². The third-order valence-electron chi connectivity index (χ3n) is 36.1. The summed E-state index contributed by atoms with van der Waals surface area (Å²) in [5.41, 5.74) is 0. The normalized spacial score (nSPS) is 50.5. The van der Waals surface area contributed by atoms with Crippen LogP contribution in [0.2, 0.25) is 0 Å². The Morgan fingerprint density at radius 1 is 0.228 bits per heavy atom. The van der Waals surface area contributed by atoms with Crippen LogP contribution < -0.4 is 0 Å². The maximum absolute atomic E-state index is 3.69. The van der Waals surface area contributed by atoms with E-state index in [0.29, 0.717) is 0 Å². The van der Waals surface area contributed by atoms with Crippen molar-refractivity contribution in [3.63, 3.8) is 0 Å². The molecule has 0 N–H and O–H groups in total. The monoisotopic (exact) mass is 1260 g/mol. The minimum Gasteiger partial charge on any atom is -0.294 e. The van der Waals surface area contributed by atoms with Crippen LogP contribution in [-0.2, 0) is 0 Å². The second-order valence-electron chi connectivity index (χ2n) is 39.9. The Hall–Kier alpha value is -0.0800. The summed E-state index contributed by atoms with van der Waals surface area (Å²) in [4.78, 5) is 7.38. The van der Waals surface area contributed by atoms with Gasteiger partial charge in [0.25, 0.3) is 0 Å². The van der Waals surface area contributed by atoms with E-state index in [1.165, 1.54) is 103 Å². The van der Waals surface area contributed by atoms with Crippen molar-refractivity contribution in [3.8, 4) is 0 Å². The highest BCUT2D eigenvalue weighted by Crippen LogP contribution is 2.72. The van der Waals surface area contributed by atoms with Gasteiger partial charge in [0, 0.05) is 36.3 Å². The summed E-state index contributed by atoms with van der Waals surface area (Å²) in [7, 11) is 0. The van der Waals surface area contributed by atoms with Gasteiger partial charge in [-0.25, -0.2) is 0 Å². The van der Waals surface area contributed by atoms with Crippen LogP contribution in [0.5, 0.6) is 0 Å². The van der Waals surface area contributed by atoms with Gasteiger partial charge in [0.1, 0.15) is 0 Å². The molecular weight excluding hydrogens is 1110 g/mol. The fraction of sp³-hybridized carbons (Fsp3) is 1.00. The van der Waals surface area contributed by atoms with Gasteiger partial charge in [0.2, 0.25) is 0 Å². The predicted octanol–water partition coefficient (Wildman–Crippen LogP) is 25.2. The maximum atomic E-state index is 3.69. The number of rotatable bonds is 22. The Kier molecular flexibility index (Phi) is 21.8. The van der Waals surface area contributed by atoms with E-state index >= 15 is 0 Å². The number of hydrogen-bond donors (Lipinski definition) is 0. The van der Waals surface area contributed by atoms with Gasteiger partial charge in [0.05, 0.1) is 0 Å². The Balaban J connectivity index is 0.775. The lowest BCUT2D eigenvalue weighted by molar-refractivity contribution is -0.208. The summed E-state index contributed by atoms with van der Waals surface area (Å²) in [6, 6.07) is 5.34. The summed E-state index contributed by atoms with van der Waals surface area (Å²) in [5, 5.41) is 0. The average Bonchev–Trinajstić information content (AvgIpc) is 0.707. The summed E-state index contributed by atoms with van der Waals surface area (Å²) in [6.07, 6.45) is 85.1. The zero-order valence-electron chi connectivity index (χ0n) is 61.6. The second kappa shape index (κ2) is 30.2. The quantitative estimate of drug-likeness (QED) is 0.0997. The first-order valence-electron chi connectivity index (χ1n) is 44.9. The van der Waals surface area contributed by atoms with E-state index < -0.39 is 0 Å². The molecule has 0 spiro atoms. The lowest BCUT2D eigenvalue weighted by Crippen LogP contribution is -2.68. The van der Waals surface area contributed by atoms with Crippen LogP contribution in [-0.4, -0.2) is 46.1 Å². The standard InChI is InChI=1S/C90H152N2/c1-5-7-9-11-13-15-20-61-32-46-71(47-33-61)91(69-42-28-59(3)29-43-69)83-57-81(73-50-40-67-39-37-63-22-17-23-65-41-51-75(73)88(67)85(63)65)76-52-54-79-84(92(70-44-30-60(4)31-45-70)72-48-34-62(35-49-72)21-16-14-12-10-8-6-2)58-82(77-53-55-78(83)89(76)90(77)79)80-56-68-26-18-24-64-36-38-66-25-19-27-74(80)87(66)86(64)68/h59-90H,5-58H2,1-4H3. The third-order valence-corrected chi connectivity index (χ3v) is 36.1. The smallest absolute Gasteiger partial charge is 0.0135 e. The molecule has 24 atom stereocenters. The first-order valence-corrected chi connectivity index (χ1v) is 44.9. The molecule has 16 saturated carbocycles. The topological polar surface area (TPSA) is 6.48 Å². The Labute approximate surface area is 571 Å². The largest absolute Gasteiger partial charge is 0.294 e. The van der Waals surface area contributed by atoms with Gasteiger partial charge >= 0.3 is 0 Å². The van der Waals surface area contributed by atoms with Gasteiger partial charge in [-0.15, -0.1) is 0 Å². The SMILES string of the molecule is CCCCCCCCC1CCC(N(C2CCC(C)CC2)C2CC(C3CCC4CCC5CCCC6CCC3C4C56)C3CCC4C5C(CCC2C35)C(C2CC3CCCC5CCC6CCCC2C6C53)CC4N(C2CCC(C)CC2)C2CCC(CCCCCCCC)CC2)CC1. The van der Waals surface area contributed by atoms with Crippen LogP contribution in [0.4, 0.5) is 0 Å². The van der Waals surface area contributed by atoms with Crippen molar-refractivity contribution in [3.05, 3.63) is 0 Å². The van der Waals surface area contributed by atoms with Crippen molar-refractivity contribution in [2.75, 3.05) is 0 Å². The van der Waals surface area contributed by atoms with Crippen molar-refractivity contribution >= 4 is 0 Å². The molecule has 0 heterocycles. The molecule has 0 radical (unpaired) electrons. The molecule has 0 aromatic rings. The number of hydrogen-bond acceptors (Lipinski definition) is 2. The molecule has 16 fully saturated rings. The molecule has 16 aliphatic rings. The Bertz CT molecular complexity index is 2250. The minimum atomic E-state index is 0.884. The lowest BCUT2D eigenvalue weighted by atomic mass is 9.38. The van der Waals surface area contributed by atoms with E-state index in [9.17, 15) is 0 Å². The van der Waals surface area contributed by atoms with Gasteiger partial charge in [-0.3, -0.25) is 9.80 Å². The van der Waals surface area contributed by atoms with Gasteiger partial charge in [-0.2, -0.15) is 0 Å². The molecule has 0 aromatic carbocycles. The maximum Gasteiger partial charge on any atom is 0.0135 e. The van der Waals surface area contributed by atoms with E-state index in [4.69, 9.17) is 0 Å². The van der Waals surface area contributed by atoms with Crippen molar-refractivity contribution in [1.82, 2.24) is 9.80 Å². The zero-order valence-corrected chi connectivity index (χ0v) is 61.6. The average molecular weight is 1260 g/mol. The molecule has 0 bridgehead atoms. The molecule has 16 rings (SSSR count). The van der Waals surface area contributed by atoms with E-state index in [1.807, 2.05) is 0 Å². The van der Waals surface area contributed by atoms with Crippen LogP contribution in [0.15, 0.2) is 0 Å². The summed E-state index contributed by atoms with van der Waals surface area (Å²) >= 11 is 0. The van der Waals surface area contributed by atoms with Crippen LogP contribution in [0.1, 0.15) is 374 Å². The molecule has 0 aromatic heterocycles. The van der Waals surface area contributed by atoms with Crippen LogP contribution in [0.25, 0.3) is 0 Å². The van der Waals surface area contributed by atoms with Crippen LogP contribution >= 0.6 is 0 Å². The van der Waals surface area contributed by atoms with Crippen molar-refractivity contribution in [1.29, 1.82) is 0 Å². The highest BCUT2D eigenvalue weighted by molar-refractivity contribution is 5.17. The van der Waals surface area contributed by atoms with E-state index in [0.717, 1.165) is 190 Å². The fourth-order valence-electron chi connectivity index (χ4n) is 32.5. The molecule has 92 heavy (non-hydrogen) atoms. The molecule has 0 saturated heterocycles. The zero-order chi connectivity index (χ0) is 61.8. The van der Waals surface area contributed by atoms with Gasteiger partial charge in [-0.05, 0) is 359 Å². The van der Waals surface area contributed by atoms with Crippen LogP contribution in [0.3, 0.4) is 0 Å². The molecular formula is C90H152N2. The highest BCUT2D eigenvalue weighted by atomic mass is 15.2. The van der Waals surface area contributed by atoms with Gasteiger partial charge < -0.3 is 0 Å². The van der Waals surface area contributed by atoms with Crippen molar-refractivity contribution < 1.29 is 0 Å². The predicted molar refractivity (Wildman–Crippen MR) is 389 cm³/mol. The molecule has 0 amide bonds. The summed E-state index contributed by atoms with van der Waals surface area (Å²) < 4.78 is 0. The minimum absolute atomic E-state index is 0.884. The first kappa shape index (κ1) is 66.5. The molecule has 2 heteroatoms. The molecule has 2 nitrogen and oxygen atoms in total. The second-order valence-corrected chi connectivity index (χ2v) is 39.9. The van der Waals surface area contributed by atoms with E-state index in [-0.39, 0.29) is 0 Å². The third kappa shape index (κ3) is 13.2. The highest BCUT2D eigenvalue weighted by Gasteiger charge is 2.67. The van der Waals surface area contributed by atoms with Crippen molar-refractivity contribution in [2.24, 2.45) is 154 Å². The molecule has 0 aliphatic heterocycles. The Morgan fingerprint density at radius 2 is 0.543 bits per heavy atom. The number of nitrogens with zero attached hydrogens (tertiary/aromatic N) is 2. The van der Waals surface area contributed by atoms with Gasteiger partial charge in [-0.1, -0.05) is 169 Å². The van der Waals surface area contributed by atoms with Gasteiger partial charge in [0.15, 0.2) is 0 Å². The molecule has 16 aliphatic carbocycles. The molecule has 522 valence electrons. The number of unbranched alkanes of at least 4 members (excludes halogenated alkanes) is 10.